The molecule has 2 aromatic rings. The molecule has 2 aromatic carbocycles. The maximum absolute atomic E-state index is 11.2. The van der Waals surface area contributed by atoms with E-state index in [0.29, 0.717) is 6.67 Å². The zero-order valence-corrected chi connectivity index (χ0v) is 13.2. The average Bonchev–Trinajstić information content (AvgIpc) is 2.56. The predicted octanol–water partition coefficient (Wildman–Crippen LogP) is 3.32. The van der Waals surface area contributed by atoms with Gasteiger partial charge >= 0.3 is 5.84 Å². The van der Waals surface area contributed by atoms with Crippen molar-refractivity contribution in [2.45, 2.75) is 0 Å². The fraction of sp³-hybridized carbons (Fsp3) is 0.133. The molecule has 0 amide bonds. The molecule has 0 unspecified atom stereocenters. The molecule has 0 radical (unpaired) electrons. The van der Waals surface area contributed by atoms with Crippen molar-refractivity contribution in [1.29, 1.82) is 0 Å². The van der Waals surface area contributed by atoms with Gasteiger partial charge in [-0.3, -0.25) is 0 Å². The van der Waals surface area contributed by atoms with Crippen LogP contribution in [0.2, 0.25) is 0 Å². The number of nitro groups is 1. The maximum atomic E-state index is 11.2. The number of hydrogen-bond acceptors (Lipinski definition) is 5. The molecule has 0 spiro atoms. The second kappa shape index (κ2) is 6.15. The lowest BCUT2D eigenvalue weighted by Gasteiger charge is -2.30. The van der Waals surface area contributed by atoms with Crippen LogP contribution in [0.5, 0.6) is 0 Å². The third-order valence-corrected chi connectivity index (χ3v) is 3.86. The summed E-state index contributed by atoms with van der Waals surface area (Å²) in [5.74, 6) is -0.0713. The first-order valence-corrected chi connectivity index (χ1v) is 7.48. The highest BCUT2D eigenvalue weighted by atomic mass is 79.9. The Morgan fingerprint density at radius 1 is 1.05 bits per heavy atom. The number of amidine groups is 1. The van der Waals surface area contributed by atoms with Gasteiger partial charge in [0.25, 0.3) is 0 Å². The van der Waals surface area contributed by atoms with E-state index < -0.39 is 4.92 Å². The lowest BCUT2D eigenvalue weighted by molar-refractivity contribution is -0.352. The topological polar surface area (TPSA) is 62.0 Å². The van der Waals surface area contributed by atoms with Crippen LogP contribution in [0.4, 0.5) is 11.4 Å². The normalized spacial score (nSPS) is 14.7. The smallest absolute Gasteiger partial charge is 0.358 e. The van der Waals surface area contributed by atoms with Gasteiger partial charge in [-0.25, -0.2) is 0 Å². The number of benzene rings is 2. The third kappa shape index (κ3) is 3.09. The Hall–Kier alpha value is -2.41. The van der Waals surface area contributed by atoms with Crippen LogP contribution in [0.1, 0.15) is 0 Å². The van der Waals surface area contributed by atoms with Gasteiger partial charge in [0.05, 0.1) is 10.8 Å². The Kier molecular flexibility index (Phi) is 4.06. The second-order valence-electron chi connectivity index (χ2n) is 4.82. The van der Waals surface area contributed by atoms with Gasteiger partial charge < -0.3 is 15.0 Å². The van der Waals surface area contributed by atoms with Crippen molar-refractivity contribution in [2.75, 3.05) is 23.1 Å². The van der Waals surface area contributed by atoms with E-state index in [2.05, 4.69) is 21.0 Å². The summed E-state index contributed by atoms with van der Waals surface area (Å²) in [4.78, 5) is 12.7. The summed E-state index contributed by atoms with van der Waals surface area (Å²) in [5.41, 5.74) is 1.74. The van der Waals surface area contributed by atoms with Gasteiger partial charge in [-0.1, -0.05) is 34.1 Å². The number of para-hydroxylation sites is 1. The fourth-order valence-corrected chi connectivity index (χ4v) is 2.51. The van der Waals surface area contributed by atoms with Crippen LogP contribution in [0, 0.1) is 10.1 Å². The van der Waals surface area contributed by atoms with Crippen LogP contribution in [-0.2, 0) is 0 Å². The summed E-state index contributed by atoms with van der Waals surface area (Å²) in [6, 6.07) is 17.1. The molecule has 6 nitrogen and oxygen atoms in total. The van der Waals surface area contributed by atoms with Gasteiger partial charge in [0.1, 0.15) is 13.2 Å². The van der Waals surface area contributed by atoms with Crippen LogP contribution >= 0.6 is 15.9 Å². The van der Waals surface area contributed by atoms with Gasteiger partial charge in [0.15, 0.2) is 0 Å². The van der Waals surface area contributed by atoms with Crippen molar-refractivity contribution in [1.82, 2.24) is 0 Å². The Balaban J connectivity index is 1.93. The van der Waals surface area contributed by atoms with Crippen LogP contribution in [-0.4, -0.2) is 24.0 Å². The van der Waals surface area contributed by atoms with Gasteiger partial charge in [0.2, 0.25) is 0 Å². The largest absolute Gasteiger partial charge is 0.383 e. The van der Waals surface area contributed by atoms with Crippen molar-refractivity contribution in [2.24, 2.45) is 5.10 Å². The molecule has 0 saturated carbocycles. The predicted molar refractivity (Wildman–Crippen MR) is 89.7 cm³/mol. The van der Waals surface area contributed by atoms with Crippen LogP contribution < -0.4 is 9.91 Å². The van der Waals surface area contributed by atoms with Gasteiger partial charge in [-0.05, 0) is 41.3 Å². The first-order chi connectivity index (χ1) is 10.6. The van der Waals surface area contributed by atoms with E-state index >= 15 is 0 Å². The molecule has 22 heavy (non-hydrogen) atoms. The second-order valence-corrected chi connectivity index (χ2v) is 5.74. The molecule has 1 aliphatic rings. The molecule has 0 N–H and O–H groups in total. The number of nitrogens with zero attached hydrogens (tertiary/aromatic N) is 4. The van der Waals surface area contributed by atoms with Gasteiger partial charge in [-0.2, -0.15) is 5.01 Å². The minimum absolute atomic E-state index is 0.0713. The Bertz CT molecular complexity index is 703. The van der Waals surface area contributed by atoms with Crippen molar-refractivity contribution in [3.8, 4) is 0 Å². The van der Waals surface area contributed by atoms with E-state index in [4.69, 9.17) is 0 Å². The fourth-order valence-electron chi connectivity index (χ4n) is 2.24. The quantitative estimate of drug-likeness (QED) is 0.608. The van der Waals surface area contributed by atoms with E-state index in [1.54, 1.807) is 5.01 Å². The zero-order chi connectivity index (χ0) is 15.5. The van der Waals surface area contributed by atoms with Crippen molar-refractivity contribution in [3.63, 3.8) is 0 Å². The first kappa shape index (κ1) is 14.5. The highest BCUT2D eigenvalue weighted by Crippen LogP contribution is 2.23. The lowest BCUT2D eigenvalue weighted by atomic mass is 10.2. The summed E-state index contributed by atoms with van der Waals surface area (Å²) in [5, 5.41) is 17.0. The number of hydrogen-bond donors (Lipinski definition) is 0. The molecule has 1 heterocycles. The van der Waals surface area contributed by atoms with Crippen LogP contribution in [0.15, 0.2) is 64.2 Å². The van der Waals surface area contributed by atoms with E-state index in [0.717, 1.165) is 15.8 Å². The first-order valence-electron chi connectivity index (χ1n) is 6.68. The van der Waals surface area contributed by atoms with E-state index in [1.807, 2.05) is 59.5 Å². The summed E-state index contributed by atoms with van der Waals surface area (Å²) < 4.78 is 0.969. The molecule has 3 rings (SSSR count). The summed E-state index contributed by atoms with van der Waals surface area (Å²) in [6.07, 6.45) is 0. The molecule has 0 saturated heterocycles. The molecule has 7 heteroatoms. The minimum atomic E-state index is -0.430. The van der Waals surface area contributed by atoms with Crippen molar-refractivity contribution >= 4 is 33.1 Å². The standard InChI is InChI=1S/C15H13BrN4O2/c16-12-6-8-13(9-7-12)18-10-15(20(21)22)17-19(11-18)14-4-2-1-3-5-14/h1-9H,10-11H2. The van der Waals surface area contributed by atoms with E-state index in [-0.39, 0.29) is 12.4 Å². The van der Waals surface area contributed by atoms with Crippen LogP contribution in [0.3, 0.4) is 0 Å². The Morgan fingerprint density at radius 3 is 2.36 bits per heavy atom. The lowest BCUT2D eigenvalue weighted by Crippen LogP contribution is -2.46. The number of rotatable bonds is 2. The molecule has 0 bridgehead atoms. The van der Waals surface area contributed by atoms with Crippen molar-refractivity contribution < 1.29 is 4.92 Å². The molecule has 0 aliphatic carbocycles. The van der Waals surface area contributed by atoms with E-state index in [1.165, 1.54) is 0 Å². The zero-order valence-electron chi connectivity index (χ0n) is 11.6. The minimum Gasteiger partial charge on any atom is -0.358 e. The molecular weight excluding hydrogens is 348 g/mol. The molecule has 0 aromatic heterocycles. The Morgan fingerprint density at radius 2 is 1.73 bits per heavy atom. The molecular formula is C15H13BrN4O2. The maximum Gasteiger partial charge on any atom is 0.383 e. The SMILES string of the molecule is O=[N+]([O-])C1=NN(c2ccccc2)CN(c2ccc(Br)cc2)C1. The third-order valence-electron chi connectivity index (χ3n) is 3.33. The van der Waals surface area contributed by atoms with E-state index in [9.17, 15) is 10.1 Å². The number of hydrazone groups is 1. The Labute approximate surface area is 135 Å². The van der Waals surface area contributed by atoms with Gasteiger partial charge in [0, 0.05) is 10.2 Å². The summed E-state index contributed by atoms with van der Waals surface area (Å²) in [7, 11) is 0. The molecule has 112 valence electrons. The monoisotopic (exact) mass is 360 g/mol. The van der Waals surface area contributed by atoms with Crippen molar-refractivity contribution in [3.05, 3.63) is 69.2 Å². The van der Waals surface area contributed by atoms with Crippen LogP contribution in [0.25, 0.3) is 0 Å². The summed E-state index contributed by atoms with van der Waals surface area (Å²) >= 11 is 3.39. The average molecular weight is 361 g/mol. The summed E-state index contributed by atoms with van der Waals surface area (Å²) in [6.45, 7) is 0.640. The van der Waals surface area contributed by atoms with Gasteiger partial charge in [-0.15, -0.1) is 0 Å². The molecule has 0 fully saturated rings. The molecule has 1 aliphatic heterocycles. The highest BCUT2D eigenvalue weighted by Gasteiger charge is 2.29. The highest BCUT2D eigenvalue weighted by molar-refractivity contribution is 9.10. The molecule has 0 atom stereocenters. The number of anilines is 2. The number of halogens is 1.